The number of para-hydroxylation sites is 1. The average Bonchev–Trinajstić information content (AvgIpc) is 2.68. The number of aryl methyl sites for hydroxylation is 1. The topological polar surface area (TPSA) is 35.9 Å². The SMILES string of the molecule is Cc1ccc(Cl)cc1N1CCN(CC(O)COc2ccccc2C(C)(C)C)CC1.Cl. The summed E-state index contributed by atoms with van der Waals surface area (Å²) < 4.78 is 5.98. The number of halogens is 2. The van der Waals surface area contributed by atoms with Crippen molar-refractivity contribution in [1.82, 2.24) is 4.90 Å². The normalized spacial score (nSPS) is 16.1. The maximum absolute atomic E-state index is 10.5. The minimum Gasteiger partial charge on any atom is -0.491 e. The zero-order valence-corrected chi connectivity index (χ0v) is 20.0. The van der Waals surface area contributed by atoms with E-state index in [1.807, 2.05) is 30.3 Å². The van der Waals surface area contributed by atoms with Gasteiger partial charge >= 0.3 is 0 Å². The second kappa shape index (κ2) is 10.7. The van der Waals surface area contributed by atoms with Gasteiger partial charge in [-0.1, -0.05) is 56.6 Å². The fraction of sp³-hybridized carbons (Fsp3) is 0.500. The highest BCUT2D eigenvalue weighted by Crippen LogP contribution is 2.31. The van der Waals surface area contributed by atoms with Gasteiger partial charge in [0.1, 0.15) is 18.5 Å². The molecule has 1 fully saturated rings. The van der Waals surface area contributed by atoms with Gasteiger partial charge in [-0.25, -0.2) is 0 Å². The minimum atomic E-state index is -0.512. The summed E-state index contributed by atoms with van der Waals surface area (Å²) >= 11 is 6.17. The largest absolute Gasteiger partial charge is 0.491 e. The first kappa shape index (κ1) is 24.8. The minimum absolute atomic E-state index is 0. The zero-order chi connectivity index (χ0) is 21.0. The Morgan fingerprint density at radius 3 is 2.40 bits per heavy atom. The Bertz CT molecular complexity index is 815. The van der Waals surface area contributed by atoms with Crippen molar-refractivity contribution in [2.24, 2.45) is 0 Å². The Morgan fingerprint density at radius 2 is 1.73 bits per heavy atom. The van der Waals surface area contributed by atoms with Crippen molar-refractivity contribution in [3.05, 3.63) is 58.6 Å². The number of ether oxygens (including phenoxy) is 1. The number of benzene rings is 2. The van der Waals surface area contributed by atoms with Gasteiger partial charge in [-0.2, -0.15) is 0 Å². The van der Waals surface area contributed by atoms with E-state index in [0.717, 1.165) is 42.5 Å². The van der Waals surface area contributed by atoms with Gasteiger partial charge in [-0.15, -0.1) is 12.4 Å². The van der Waals surface area contributed by atoms with Crippen molar-refractivity contribution < 1.29 is 9.84 Å². The number of β-amino-alcohol motifs (C(OH)–C–C–N with tert-alkyl or cyclic N) is 1. The fourth-order valence-corrected chi connectivity index (χ4v) is 4.01. The molecule has 0 bridgehead atoms. The van der Waals surface area contributed by atoms with Crippen molar-refractivity contribution in [3.63, 3.8) is 0 Å². The van der Waals surface area contributed by atoms with Crippen LogP contribution in [0.25, 0.3) is 0 Å². The molecule has 3 rings (SSSR count). The summed E-state index contributed by atoms with van der Waals surface area (Å²) in [6, 6.07) is 14.1. The van der Waals surface area contributed by atoms with Crippen LogP contribution in [0.1, 0.15) is 31.9 Å². The number of piperazine rings is 1. The second-order valence-electron chi connectivity index (χ2n) is 8.93. The van der Waals surface area contributed by atoms with Crippen LogP contribution in [0.3, 0.4) is 0 Å². The molecule has 0 saturated carbocycles. The van der Waals surface area contributed by atoms with Crippen LogP contribution in [0.5, 0.6) is 5.75 Å². The summed E-state index contributed by atoms with van der Waals surface area (Å²) in [5.41, 5.74) is 3.63. The molecule has 1 atom stereocenters. The van der Waals surface area contributed by atoms with Crippen LogP contribution in [0.4, 0.5) is 5.69 Å². The highest BCUT2D eigenvalue weighted by atomic mass is 35.5. The Labute approximate surface area is 192 Å². The first-order chi connectivity index (χ1) is 13.7. The van der Waals surface area contributed by atoms with E-state index < -0.39 is 6.10 Å². The molecule has 1 aliphatic heterocycles. The van der Waals surface area contributed by atoms with Gasteiger partial charge in [0.25, 0.3) is 0 Å². The molecule has 4 nitrogen and oxygen atoms in total. The third-order valence-electron chi connectivity index (χ3n) is 5.48. The lowest BCUT2D eigenvalue weighted by molar-refractivity contribution is 0.0656. The molecule has 1 N–H and O–H groups in total. The third-order valence-corrected chi connectivity index (χ3v) is 5.71. The summed E-state index contributed by atoms with van der Waals surface area (Å²) in [6.45, 7) is 13.3. The predicted octanol–water partition coefficient (Wildman–Crippen LogP) is 4.93. The summed E-state index contributed by atoms with van der Waals surface area (Å²) in [4.78, 5) is 4.68. The van der Waals surface area contributed by atoms with E-state index in [9.17, 15) is 5.11 Å². The van der Waals surface area contributed by atoms with Gasteiger partial charge in [0.2, 0.25) is 0 Å². The number of aliphatic hydroxyl groups is 1. The zero-order valence-electron chi connectivity index (χ0n) is 18.4. The van der Waals surface area contributed by atoms with Gasteiger partial charge in [0, 0.05) is 43.4 Å². The first-order valence-electron chi connectivity index (χ1n) is 10.4. The lowest BCUT2D eigenvalue weighted by Crippen LogP contribution is -2.49. The molecule has 0 aromatic heterocycles. The summed E-state index contributed by atoms with van der Waals surface area (Å²) in [7, 11) is 0. The standard InChI is InChI=1S/C24H33ClN2O2.ClH/c1-18-9-10-19(25)15-22(18)27-13-11-26(12-14-27)16-20(28)17-29-23-8-6-5-7-21(23)24(2,3)4;/h5-10,15,20,28H,11-14,16-17H2,1-4H3;1H. The molecule has 2 aromatic rings. The van der Waals surface area contributed by atoms with Crippen LogP contribution in [0, 0.1) is 6.92 Å². The summed E-state index contributed by atoms with van der Waals surface area (Å²) in [5.74, 6) is 0.861. The quantitative estimate of drug-likeness (QED) is 0.673. The highest BCUT2D eigenvalue weighted by Gasteiger charge is 2.22. The number of rotatable bonds is 6. The molecule has 166 valence electrons. The van der Waals surface area contributed by atoms with Crippen LogP contribution in [-0.4, -0.2) is 55.4 Å². The van der Waals surface area contributed by atoms with Crippen molar-refractivity contribution in [2.45, 2.75) is 39.2 Å². The monoisotopic (exact) mass is 452 g/mol. The summed E-state index contributed by atoms with van der Waals surface area (Å²) in [5, 5.41) is 11.3. The Hall–Kier alpha value is -1.46. The first-order valence-corrected chi connectivity index (χ1v) is 10.8. The lowest BCUT2D eigenvalue weighted by atomic mass is 9.86. The molecule has 0 aliphatic carbocycles. The van der Waals surface area contributed by atoms with E-state index in [4.69, 9.17) is 16.3 Å². The van der Waals surface area contributed by atoms with Crippen molar-refractivity contribution >= 4 is 29.7 Å². The fourth-order valence-electron chi connectivity index (χ4n) is 3.84. The van der Waals surface area contributed by atoms with E-state index in [-0.39, 0.29) is 17.8 Å². The average molecular weight is 453 g/mol. The highest BCUT2D eigenvalue weighted by molar-refractivity contribution is 6.30. The van der Waals surface area contributed by atoms with Crippen LogP contribution in [0.2, 0.25) is 5.02 Å². The van der Waals surface area contributed by atoms with Gasteiger partial charge in [-0.3, -0.25) is 4.90 Å². The second-order valence-corrected chi connectivity index (χ2v) is 9.37. The molecule has 0 radical (unpaired) electrons. The summed E-state index contributed by atoms with van der Waals surface area (Å²) in [6.07, 6.45) is -0.512. The number of anilines is 1. The van der Waals surface area contributed by atoms with E-state index >= 15 is 0 Å². The molecule has 2 aromatic carbocycles. The molecule has 6 heteroatoms. The van der Waals surface area contributed by atoms with Crippen LogP contribution >= 0.6 is 24.0 Å². The van der Waals surface area contributed by atoms with E-state index in [0.29, 0.717) is 13.2 Å². The van der Waals surface area contributed by atoms with Gasteiger partial charge < -0.3 is 14.7 Å². The lowest BCUT2D eigenvalue weighted by Gasteiger charge is -2.37. The number of aliphatic hydroxyl groups excluding tert-OH is 1. The molecule has 0 spiro atoms. The maximum atomic E-state index is 10.5. The number of hydrogen-bond acceptors (Lipinski definition) is 4. The Kier molecular flexibility index (Phi) is 8.86. The smallest absolute Gasteiger partial charge is 0.123 e. The number of nitrogens with zero attached hydrogens (tertiary/aromatic N) is 2. The van der Waals surface area contributed by atoms with Crippen LogP contribution in [-0.2, 0) is 5.41 Å². The van der Waals surface area contributed by atoms with Crippen molar-refractivity contribution in [2.75, 3.05) is 44.2 Å². The molecule has 0 amide bonds. The van der Waals surface area contributed by atoms with Crippen LogP contribution < -0.4 is 9.64 Å². The van der Waals surface area contributed by atoms with Gasteiger partial charge in [0.15, 0.2) is 0 Å². The maximum Gasteiger partial charge on any atom is 0.123 e. The van der Waals surface area contributed by atoms with E-state index in [2.05, 4.69) is 49.6 Å². The molecule has 1 unspecified atom stereocenters. The Morgan fingerprint density at radius 1 is 1.07 bits per heavy atom. The van der Waals surface area contributed by atoms with E-state index in [1.165, 1.54) is 11.3 Å². The number of hydrogen-bond donors (Lipinski definition) is 1. The molecule has 1 saturated heterocycles. The molecule has 1 aliphatic rings. The molecule has 1 heterocycles. The predicted molar refractivity (Wildman–Crippen MR) is 129 cm³/mol. The molecular formula is C24H34Cl2N2O2. The Balaban J connectivity index is 0.00000320. The molecule has 30 heavy (non-hydrogen) atoms. The van der Waals surface area contributed by atoms with Gasteiger partial charge in [0.05, 0.1) is 0 Å². The third kappa shape index (κ3) is 6.52. The van der Waals surface area contributed by atoms with Gasteiger partial charge in [-0.05, 0) is 41.7 Å². The van der Waals surface area contributed by atoms with Crippen LogP contribution in [0.15, 0.2) is 42.5 Å². The molecular weight excluding hydrogens is 419 g/mol. The van der Waals surface area contributed by atoms with Crippen molar-refractivity contribution in [1.29, 1.82) is 0 Å². The van der Waals surface area contributed by atoms with Crippen molar-refractivity contribution in [3.8, 4) is 5.75 Å². The van der Waals surface area contributed by atoms with E-state index in [1.54, 1.807) is 0 Å².